The second-order valence-corrected chi connectivity index (χ2v) is 7.96. The van der Waals surface area contributed by atoms with Gasteiger partial charge < -0.3 is 25.4 Å². The molecule has 144 valence electrons. The summed E-state index contributed by atoms with van der Waals surface area (Å²) >= 11 is 1.48. The van der Waals surface area contributed by atoms with Crippen molar-refractivity contribution in [2.45, 2.75) is 16.2 Å². The molecule has 0 saturated carbocycles. The van der Waals surface area contributed by atoms with Crippen molar-refractivity contribution in [3.05, 3.63) is 48.0 Å². The van der Waals surface area contributed by atoms with Gasteiger partial charge in [0.15, 0.2) is 0 Å². The Morgan fingerprint density at radius 2 is 1.93 bits per heavy atom. The molecular formula is C20H25N3O3S. The third-order valence-corrected chi connectivity index (χ3v) is 5.93. The summed E-state index contributed by atoms with van der Waals surface area (Å²) in [5.41, 5.74) is 8.19. The first-order valence-corrected chi connectivity index (χ1v) is 9.63. The van der Waals surface area contributed by atoms with Crippen LogP contribution >= 0.6 is 11.8 Å². The third kappa shape index (κ3) is 4.21. The molecule has 2 aromatic rings. The number of aliphatic hydroxyl groups excluding tert-OH is 1. The van der Waals surface area contributed by atoms with E-state index in [1.54, 1.807) is 18.1 Å². The number of anilines is 2. The highest BCUT2D eigenvalue weighted by Crippen LogP contribution is 2.46. The second-order valence-electron chi connectivity index (χ2n) is 6.78. The first-order valence-electron chi connectivity index (χ1n) is 8.75. The van der Waals surface area contributed by atoms with Gasteiger partial charge in [-0.2, -0.15) is 0 Å². The molecule has 6 nitrogen and oxygen atoms in total. The van der Waals surface area contributed by atoms with Crippen molar-refractivity contribution in [1.29, 1.82) is 0 Å². The van der Waals surface area contributed by atoms with Gasteiger partial charge in [-0.05, 0) is 50.0 Å². The number of aliphatic hydroxyl groups is 1. The number of carbonyl (C=O) groups is 1. The van der Waals surface area contributed by atoms with Crippen molar-refractivity contribution in [3.8, 4) is 5.75 Å². The number of methoxy groups -OCH3 is 1. The van der Waals surface area contributed by atoms with Crippen LogP contribution in [0.25, 0.3) is 0 Å². The lowest BCUT2D eigenvalue weighted by Crippen LogP contribution is -2.43. The Bertz CT molecular complexity index is 811. The van der Waals surface area contributed by atoms with E-state index in [0.717, 1.165) is 21.9 Å². The molecule has 3 N–H and O–H groups in total. The number of thioether (sulfide) groups is 1. The van der Waals surface area contributed by atoms with Crippen molar-refractivity contribution in [3.63, 3.8) is 0 Å². The number of likely N-dealkylation sites (N-methyl/N-ethyl adjacent to an activating group) is 1. The van der Waals surface area contributed by atoms with Gasteiger partial charge in [-0.1, -0.05) is 12.1 Å². The number of nitrogens with zero attached hydrogens (tertiary/aromatic N) is 2. The highest BCUT2D eigenvalue weighted by atomic mass is 32.2. The quantitative estimate of drug-likeness (QED) is 0.767. The molecule has 27 heavy (non-hydrogen) atoms. The molecule has 0 aliphatic carbocycles. The number of carbonyl (C=O) groups excluding carboxylic acids is 1. The maximum absolute atomic E-state index is 13.1. The molecule has 1 aliphatic heterocycles. The van der Waals surface area contributed by atoms with E-state index in [2.05, 4.69) is 0 Å². The van der Waals surface area contributed by atoms with Gasteiger partial charge in [-0.25, -0.2) is 0 Å². The van der Waals surface area contributed by atoms with E-state index in [4.69, 9.17) is 10.5 Å². The molecule has 2 atom stereocenters. The zero-order valence-corrected chi connectivity index (χ0v) is 16.6. The molecule has 1 aliphatic rings. The number of nitrogen functional groups attached to an aromatic ring is 1. The molecule has 0 unspecified atom stereocenters. The van der Waals surface area contributed by atoms with E-state index in [1.807, 2.05) is 55.4 Å². The first-order chi connectivity index (χ1) is 12.9. The van der Waals surface area contributed by atoms with Crippen molar-refractivity contribution < 1.29 is 14.6 Å². The number of hydrogen-bond acceptors (Lipinski definition) is 6. The summed E-state index contributed by atoms with van der Waals surface area (Å²) in [5, 5.41) is 10.5. The normalized spacial score (nSPS) is 19.7. The zero-order chi connectivity index (χ0) is 19.6. The van der Waals surface area contributed by atoms with Crippen LogP contribution in [-0.4, -0.2) is 56.3 Å². The molecule has 0 radical (unpaired) electrons. The van der Waals surface area contributed by atoms with E-state index in [-0.39, 0.29) is 5.91 Å². The van der Waals surface area contributed by atoms with Crippen LogP contribution in [-0.2, 0) is 4.79 Å². The van der Waals surface area contributed by atoms with Crippen LogP contribution in [0.3, 0.4) is 0 Å². The molecule has 0 bridgehead atoms. The molecule has 7 heteroatoms. The third-order valence-electron chi connectivity index (χ3n) is 4.55. The van der Waals surface area contributed by atoms with E-state index < -0.39 is 11.4 Å². The molecule has 0 spiro atoms. The molecule has 0 fully saturated rings. The minimum atomic E-state index is -1.15. The van der Waals surface area contributed by atoms with Gasteiger partial charge in [0.1, 0.15) is 11.9 Å². The molecular weight excluding hydrogens is 362 g/mol. The fourth-order valence-corrected chi connectivity index (χ4v) is 4.28. The van der Waals surface area contributed by atoms with Crippen LogP contribution in [0.5, 0.6) is 5.75 Å². The fraction of sp³-hybridized carbons (Fsp3) is 0.350. The Balaban J connectivity index is 2.00. The minimum Gasteiger partial charge on any atom is -0.497 e. The van der Waals surface area contributed by atoms with E-state index in [9.17, 15) is 9.90 Å². The monoisotopic (exact) mass is 387 g/mol. The number of hydrogen-bond donors (Lipinski definition) is 2. The fourth-order valence-electron chi connectivity index (χ4n) is 3.03. The standard InChI is InChI=1S/C20H25N3O3S/c1-22(2)10-11-23-16-12-14(21)6-9-17(16)27-19(18(24)20(23)25)13-4-7-15(26-3)8-5-13/h4-9,12,18-19,24H,10-11,21H2,1-3H3/t18-,19+/m0/s1. The van der Waals surface area contributed by atoms with Crippen molar-refractivity contribution in [2.75, 3.05) is 44.9 Å². The van der Waals surface area contributed by atoms with Crippen LogP contribution in [0.2, 0.25) is 0 Å². The van der Waals surface area contributed by atoms with E-state index in [0.29, 0.717) is 18.8 Å². The predicted molar refractivity (Wildman–Crippen MR) is 109 cm³/mol. The summed E-state index contributed by atoms with van der Waals surface area (Å²) in [6, 6.07) is 13.0. The number of amides is 1. The van der Waals surface area contributed by atoms with Crippen molar-refractivity contribution in [2.24, 2.45) is 0 Å². The second kappa shape index (κ2) is 8.21. The number of ether oxygens (including phenoxy) is 1. The molecule has 3 rings (SSSR count). The highest BCUT2D eigenvalue weighted by molar-refractivity contribution is 7.99. The Hall–Kier alpha value is -2.22. The number of rotatable bonds is 5. The topological polar surface area (TPSA) is 79.0 Å². The lowest BCUT2D eigenvalue weighted by molar-refractivity contribution is -0.126. The van der Waals surface area contributed by atoms with Crippen LogP contribution in [0.1, 0.15) is 10.8 Å². The lowest BCUT2D eigenvalue weighted by atomic mass is 10.1. The Morgan fingerprint density at radius 3 is 2.56 bits per heavy atom. The van der Waals surface area contributed by atoms with Crippen LogP contribution < -0.4 is 15.4 Å². The summed E-state index contributed by atoms with van der Waals surface area (Å²) in [6.45, 7) is 1.17. The minimum absolute atomic E-state index is 0.311. The van der Waals surface area contributed by atoms with Gasteiger partial charge in [0.25, 0.3) is 5.91 Å². The van der Waals surface area contributed by atoms with Gasteiger partial charge in [0, 0.05) is 23.7 Å². The number of nitrogens with two attached hydrogens (primary N) is 1. The van der Waals surface area contributed by atoms with Crippen LogP contribution in [0.4, 0.5) is 11.4 Å². The van der Waals surface area contributed by atoms with Crippen molar-refractivity contribution >= 4 is 29.0 Å². The average Bonchev–Trinajstić information content (AvgIpc) is 2.75. The van der Waals surface area contributed by atoms with Gasteiger partial charge in [0.05, 0.1) is 18.0 Å². The zero-order valence-electron chi connectivity index (χ0n) is 15.8. The van der Waals surface area contributed by atoms with Crippen LogP contribution in [0, 0.1) is 0 Å². The molecule has 1 heterocycles. The predicted octanol–water partition coefficient (Wildman–Crippen LogP) is 2.38. The maximum Gasteiger partial charge on any atom is 0.257 e. The van der Waals surface area contributed by atoms with Crippen molar-refractivity contribution in [1.82, 2.24) is 4.90 Å². The number of fused-ring (bicyclic) bond motifs is 1. The van der Waals surface area contributed by atoms with Gasteiger partial charge in [0.2, 0.25) is 0 Å². The average molecular weight is 388 g/mol. The summed E-state index contributed by atoms with van der Waals surface area (Å²) in [7, 11) is 5.51. The van der Waals surface area contributed by atoms with E-state index in [1.165, 1.54) is 11.8 Å². The molecule has 1 amide bonds. The molecule has 0 saturated heterocycles. The maximum atomic E-state index is 13.1. The molecule has 0 aromatic heterocycles. The van der Waals surface area contributed by atoms with Crippen LogP contribution in [0.15, 0.2) is 47.4 Å². The number of benzene rings is 2. The summed E-state index contributed by atoms with van der Waals surface area (Å²) in [6.07, 6.45) is -1.15. The Labute approximate surface area is 163 Å². The first kappa shape index (κ1) is 19.5. The summed E-state index contributed by atoms with van der Waals surface area (Å²) < 4.78 is 5.21. The smallest absolute Gasteiger partial charge is 0.257 e. The lowest BCUT2D eigenvalue weighted by Gasteiger charge is -2.26. The van der Waals surface area contributed by atoms with Gasteiger partial charge >= 0.3 is 0 Å². The Morgan fingerprint density at radius 1 is 1.22 bits per heavy atom. The summed E-state index contributed by atoms with van der Waals surface area (Å²) in [5.74, 6) is 0.425. The van der Waals surface area contributed by atoms with Gasteiger partial charge in [-0.15, -0.1) is 11.8 Å². The summed E-state index contributed by atoms with van der Waals surface area (Å²) in [4.78, 5) is 17.7. The SMILES string of the molecule is COc1ccc([C@H]2Sc3ccc(N)cc3N(CCN(C)C)C(=O)[C@H]2O)cc1. The van der Waals surface area contributed by atoms with E-state index >= 15 is 0 Å². The molecule has 2 aromatic carbocycles. The largest absolute Gasteiger partial charge is 0.497 e. The van der Waals surface area contributed by atoms with Gasteiger partial charge in [-0.3, -0.25) is 4.79 Å². The highest BCUT2D eigenvalue weighted by Gasteiger charge is 2.37. The Kier molecular flexibility index (Phi) is 5.94.